The van der Waals surface area contributed by atoms with Crippen molar-refractivity contribution < 1.29 is 26.4 Å². The number of nitrogens with zero attached hydrogens (tertiary/aromatic N) is 1. The molecule has 9 heteroatoms. The van der Waals surface area contributed by atoms with Crippen molar-refractivity contribution in [1.29, 1.82) is 0 Å². The number of hydrogen-bond acceptors (Lipinski definition) is 3. The predicted octanol–water partition coefficient (Wildman–Crippen LogP) is 3.57. The summed E-state index contributed by atoms with van der Waals surface area (Å²) in [5.41, 5.74) is -0.563. The molecule has 2 rings (SSSR count). The van der Waals surface area contributed by atoms with Gasteiger partial charge in [0.1, 0.15) is 0 Å². The van der Waals surface area contributed by atoms with E-state index in [4.69, 9.17) is 11.6 Å². The van der Waals surface area contributed by atoms with Gasteiger partial charge < -0.3 is 4.90 Å². The van der Waals surface area contributed by atoms with E-state index in [-0.39, 0.29) is 48.5 Å². The SMILES string of the molecule is CC(C)CS(=O)(=O)C1CN(C(=O)CCc2ccc(Cl)c(C(F)(F)F)c2)C1. The second kappa shape index (κ2) is 7.76. The first kappa shape index (κ1) is 21.0. The van der Waals surface area contributed by atoms with Crippen molar-refractivity contribution in [1.82, 2.24) is 4.90 Å². The summed E-state index contributed by atoms with van der Waals surface area (Å²) in [6, 6.07) is 3.57. The van der Waals surface area contributed by atoms with E-state index < -0.39 is 26.8 Å². The Hall–Kier alpha value is -1.28. The number of halogens is 4. The third-order valence-electron chi connectivity index (χ3n) is 4.24. The number of amides is 1. The number of carbonyl (C=O) groups excluding carboxylic acids is 1. The fraction of sp³-hybridized carbons (Fsp3) is 0.588. The first-order chi connectivity index (χ1) is 11.9. The summed E-state index contributed by atoms with van der Waals surface area (Å²) in [7, 11) is -3.22. The largest absolute Gasteiger partial charge is 0.417 e. The molecule has 0 N–H and O–H groups in total. The zero-order valence-corrected chi connectivity index (χ0v) is 16.1. The van der Waals surface area contributed by atoms with Crippen LogP contribution in [-0.4, -0.2) is 43.3 Å². The fourth-order valence-corrected chi connectivity index (χ4v) is 5.06. The number of hydrogen-bond donors (Lipinski definition) is 0. The van der Waals surface area contributed by atoms with Crippen LogP contribution < -0.4 is 0 Å². The van der Waals surface area contributed by atoms with Crippen LogP contribution in [0.15, 0.2) is 18.2 Å². The molecule has 0 atom stereocenters. The summed E-state index contributed by atoms with van der Waals surface area (Å²) >= 11 is 5.57. The monoisotopic (exact) mass is 411 g/mol. The van der Waals surface area contributed by atoms with Crippen molar-refractivity contribution in [3.63, 3.8) is 0 Å². The molecule has 0 bridgehead atoms. The third-order valence-corrected chi connectivity index (χ3v) is 7.01. The zero-order chi connectivity index (χ0) is 19.7. The zero-order valence-electron chi connectivity index (χ0n) is 14.5. The lowest BCUT2D eigenvalue weighted by molar-refractivity contribution is -0.137. The molecule has 1 aromatic rings. The molecule has 146 valence electrons. The number of benzene rings is 1. The number of alkyl halides is 3. The van der Waals surface area contributed by atoms with Crippen LogP contribution in [0.1, 0.15) is 31.4 Å². The van der Waals surface area contributed by atoms with Gasteiger partial charge in [0.05, 0.1) is 21.6 Å². The average Bonchev–Trinajstić information content (AvgIpc) is 2.41. The van der Waals surface area contributed by atoms with Crippen LogP contribution in [0.2, 0.25) is 5.02 Å². The summed E-state index contributed by atoms with van der Waals surface area (Å²) in [4.78, 5) is 13.6. The van der Waals surface area contributed by atoms with Crippen molar-refractivity contribution in [2.75, 3.05) is 18.8 Å². The lowest BCUT2D eigenvalue weighted by Gasteiger charge is -2.39. The maximum Gasteiger partial charge on any atom is 0.417 e. The highest BCUT2D eigenvalue weighted by molar-refractivity contribution is 7.92. The highest BCUT2D eigenvalue weighted by Crippen LogP contribution is 2.35. The van der Waals surface area contributed by atoms with Crippen LogP contribution in [0.25, 0.3) is 0 Å². The minimum Gasteiger partial charge on any atom is -0.340 e. The average molecular weight is 412 g/mol. The molecule has 0 spiro atoms. The van der Waals surface area contributed by atoms with Gasteiger partial charge in [-0.15, -0.1) is 0 Å². The Balaban J connectivity index is 1.89. The Morgan fingerprint density at radius 3 is 2.46 bits per heavy atom. The molecule has 1 aliphatic rings. The van der Waals surface area contributed by atoms with Gasteiger partial charge in [-0.2, -0.15) is 13.2 Å². The van der Waals surface area contributed by atoms with Crippen LogP contribution >= 0.6 is 11.6 Å². The van der Waals surface area contributed by atoms with Crippen molar-refractivity contribution in [2.24, 2.45) is 5.92 Å². The summed E-state index contributed by atoms with van der Waals surface area (Å²) in [6.07, 6.45) is -4.39. The highest BCUT2D eigenvalue weighted by atomic mass is 35.5. The van der Waals surface area contributed by atoms with Crippen molar-refractivity contribution in [2.45, 2.75) is 38.1 Å². The standard InChI is InChI=1S/C17H21ClF3NO3S/c1-11(2)10-26(24,25)13-8-22(9-13)16(23)6-4-12-3-5-15(18)14(7-12)17(19,20)21/h3,5,7,11,13H,4,6,8-10H2,1-2H3. The molecule has 1 fully saturated rings. The van der Waals surface area contributed by atoms with Crippen molar-refractivity contribution in [3.05, 3.63) is 34.3 Å². The van der Waals surface area contributed by atoms with Gasteiger partial charge in [-0.3, -0.25) is 4.79 Å². The van der Waals surface area contributed by atoms with Gasteiger partial charge in [0, 0.05) is 19.5 Å². The van der Waals surface area contributed by atoms with Gasteiger partial charge in [-0.25, -0.2) is 8.42 Å². The molecule has 1 aromatic carbocycles. The molecule has 1 heterocycles. The van der Waals surface area contributed by atoms with Crippen LogP contribution in [0.3, 0.4) is 0 Å². The minimum absolute atomic E-state index is 0.0237. The van der Waals surface area contributed by atoms with E-state index in [9.17, 15) is 26.4 Å². The number of likely N-dealkylation sites (tertiary alicyclic amines) is 1. The van der Waals surface area contributed by atoms with Gasteiger partial charge in [0.25, 0.3) is 0 Å². The Bertz CT molecular complexity index is 772. The van der Waals surface area contributed by atoms with E-state index in [0.717, 1.165) is 6.07 Å². The van der Waals surface area contributed by atoms with Crippen molar-refractivity contribution in [3.8, 4) is 0 Å². The quantitative estimate of drug-likeness (QED) is 0.719. The Morgan fingerprint density at radius 1 is 1.31 bits per heavy atom. The first-order valence-electron chi connectivity index (χ1n) is 8.25. The minimum atomic E-state index is -4.55. The van der Waals surface area contributed by atoms with Crippen LogP contribution in [0.4, 0.5) is 13.2 Å². The lowest BCUT2D eigenvalue weighted by Crippen LogP contribution is -2.57. The summed E-state index contributed by atoms with van der Waals surface area (Å²) in [5, 5.41) is -0.922. The summed E-state index contributed by atoms with van der Waals surface area (Å²) < 4.78 is 62.7. The molecule has 26 heavy (non-hydrogen) atoms. The van der Waals surface area contributed by atoms with E-state index in [1.165, 1.54) is 17.0 Å². The molecule has 0 unspecified atom stereocenters. The van der Waals surface area contributed by atoms with Crippen LogP contribution in [-0.2, 0) is 27.2 Å². The molecule has 4 nitrogen and oxygen atoms in total. The van der Waals surface area contributed by atoms with Gasteiger partial charge >= 0.3 is 6.18 Å². The van der Waals surface area contributed by atoms with E-state index in [0.29, 0.717) is 5.56 Å². The Morgan fingerprint density at radius 2 is 1.92 bits per heavy atom. The number of carbonyl (C=O) groups is 1. The lowest BCUT2D eigenvalue weighted by atomic mass is 10.0. The summed E-state index contributed by atoms with van der Waals surface area (Å²) in [6.45, 7) is 3.95. The topological polar surface area (TPSA) is 54.5 Å². The normalized spacial score (nSPS) is 16.0. The van der Waals surface area contributed by atoms with Crippen molar-refractivity contribution >= 4 is 27.3 Å². The molecule has 0 aromatic heterocycles. The van der Waals surface area contributed by atoms with Gasteiger partial charge in [-0.05, 0) is 30.0 Å². The molecule has 0 aliphatic carbocycles. The second-order valence-corrected chi connectivity index (χ2v) is 9.69. The maximum absolute atomic E-state index is 12.8. The molecule has 1 saturated heterocycles. The maximum atomic E-state index is 12.8. The molecule has 0 saturated carbocycles. The fourth-order valence-electron chi connectivity index (χ4n) is 2.82. The van der Waals surface area contributed by atoms with Crippen LogP contribution in [0, 0.1) is 5.92 Å². The molecule has 0 radical (unpaired) electrons. The van der Waals surface area contributed by atoms with E-state index in [1.54, 1.807) is 0 Å². The highest BCUT2D eigenvalue weighted by Gasteiger charge is 2.39. The number of aryl methyl sites for hydroxylation is 1. The molecular weight excluding hydrogens is 391 g/mol. The van der Waals surface area contributed by atoms with E-state index in [2.05, 4.69) is 0 Å². The number of rotatable bonds is 6. The number of sulfone groups is 1. The smallest absolute Gasteiger partial charge is 0.340 e. The second-order valence-electron chi connectivity index (χ2n) is 6.96. The van der Waals surface area contributed by atoms with Crippen LogP contribution in [0.5, 0.6) is 0 Å². The predicted molar refractivity (Wildman–Crippen MR) is 93.8 cm³/mol. The summed E-state index contributed by atoms with van der Waals surface area (Å²) in [5.74, 6) is -0.146. The van der Waals surface area contributed by atoms with E-state index >= 15 is 0 Å². The third kappa shape index (κ3) is 5.13. The van der Waals surface area contributed by atoms with Gasteiger partial charge in [0.15, 0.2) is 9.84 Å². The van der Waals surface area contributed by atoms with Gasteiger partial charge in [0.2, 0.25) is 5.91 Å². The first-order valence-corrected chi connectivity index (χ1v) is 10.3. The molecule has 1 aliphatic heterocycles. The van der Waals surface area contributed by atoms with Gasteiger partial charge in [-0.1, -0.05) is 31.5 Å². The Labute approximate surface area is 156 Å². The molecular formula is C17H21ClF3NO3S. The molecule has 1 amide bonds. The van der Waals surface area contributed by atoms with E-state index in [1.807, 2.05) is 13.8 Å². The Kier molecular flexibility index (Phi) is 6.28.